The number of hydrogen-bond acceptors (Lipinski definition) is 3. The van der Waals surface area contributed by atoms with Crippen LogP contribution in [-0.2, 0) is 4.79 Å². The maximum Gasteiger partial charge on any atom is 0.311 e. The molecule has 18 heavy (non-hydrogen) atoms. The summed E-state index contributed by atoms with van der Waals surface area (Å²) in [7, 11) is 0. The summed E-state index contributed by atoms with van der Waals surface area (Å²) in [5.74, 6) is -1.34. The number of carboxylic acid groups (broad SMARTS) is 1. The van der Waals surface area contributed by atoms with E-state index in [1.54, 1.807) is 18.2 Å². The van der Waals surface area contributed by atoms with Crippen LogP contribution >= 0.6 is 15.9 Å². The number of carbonyl (C=O) groups is 2. The summed E-state index contributed by atoms with van der Waals surface area (Å²) in [5.41, 5.74) is 5.52. The number of amides is 1. The van der Waals surface area contributed by atoms with Crippen LogP contribution in [0, 0.1) is 5.41 Å². The fraction of sp³-hybridized carbons (Fsp3) is 0.333. The second kappa shape index (κ2) is 4.61. The van der Waals surface area contributed by atoms with Crippen molar-refractivity contribution in [3.05, 3.63) is 28.2 Å². The minimum atomic E-state index is -0.798. The molecule has 4 N–H and O–H groups in total. The van der Waals surface area contributed by atoms with Crippen LogP contribution in [0.2, 0.25) is 0 Å². The van der Waals surface area contributed by atoms with Crippen LogP contribution in [0.4, 0.5) is 5.69 Å². The second-order valence-corrected chi connectivity index (χ2v) is 5.41. The summed E-state index contributed by atoms with van der Waals surface area (Å²) in [6.07, 6.45) is 1.33. The van der Waals surface area contributed by atoms with Gasteiger partial charge in [-0.25, -0.2) is 0 Å². The number of nitrogens with one attached hydrogen (secondary N) is 1. The lowest BCUT2D eigenvalue weighted by molar-refractivity contribution is -0.142. The Morgan fingerprint density at radius 1 is 1.44 bits per heavy atom. The van der Waals surface area contributed by atoms with Crippen molar-refractivity contribution in [3.8, 4) is 0 Å². The smallest absolute Gasteiger partial charge is 0.311 e. The van der Waals surface area contributed by atoms with Crippen LogP contribution in [0.5, 0.6) is 0 Å². The Hall–Kier alpha value is -1.56. The van der Waals surface area contributed by atoms with E-state index in [1.807, 2.05) is 0 Å². The molecule has 2 rings (SSSR count). The monoisotopic (exact) mass is 312 g/mol. The van der Waals surface area contributed by atoms with E-state index in [0.29, 0.717) is 30.6 Å². The highest BCUT2D eigenvalue weighted by Crippen LogP contribution is 2.45. The second-order valence-electron chi connectivity index (χ2n) is 4.49. The Labute approximate surface area is 112 Å². The van der Waals surface area contributed by atoms with Gasteiger partial charge in [-0.05, 0) is 31.0 Å². The number of nitrogens with two attached hydrogens (primary N) is 1. The molecule has 0 unspecified atom stereocenters. The molecule has 0 aliphatic heterocycles. The molecule has 6 heteroatoms. The van der Waals surface area contributed by atoms with Crippen molar-refractivity contribution in [1.82, 2.24) is 0 Å². The van der Waals surface area contributed by atoms with Gasteiger partial charge < -0.3 is 16.2 Å². The molecule has 0 aromatic heterocycles. The van der Waals surface area contributed by atoms with Gasteiger partial charge in [-0.1, -0.05) is 15.9 Å². The lowest BCUT2D eigenvalue weighted by atomic mass is 10.1. The number of rotatable bonds is 5. The van der Waals surface area contributed by atoms with Gasteiger partial charge in [-0.15, -0.1) is 0 Å². The zero-order chi connectivity index (χ0) is 13.3. The van der Waals surface area contributed by atoms with Crippen molar-refractivity contribution in [2.45, 2.75) is 12.8 Å². The van der Waals surface area contributed by atoms with Crippen molar-refractivity contribution < 1.29 is 14.7 Å². The van der Waals surface area contributed by atoms with E-state index in [4.69, 9.17) is 10.8 Å². The number of benzene rings is 1. The summed E-state index contributed by atoms with van der Waals surface area (Å²) in [4.78, 5) is 22.3. The average molecular weight is 313 g/mol. The Kier molecular flexibility index (Phi) is 3.30. The summed E-state index contributed by atoms with van der Waals surface area (Å²) < 4.78 is 0.751. The highest BCUT2D eigenvalue weighted by atomic mass is 79.9. The fourth-order valence-corrected chi connectivity index (χ4v) is 2.12. The first kappa shape index (κ1) is 12.9. The van der Waals surface area contributed by atoms with Gasteiger partial charge in [0.25, 0.3) is 5.91 Å². The maximum absolute atomic E-state index is 11.3. The number of primary amides is 1. The van der Waals surface area contributed by atoms with E-state index < -0.39 is 17.3 Å². The highest BCUT2D eigenvalue weighted by Gasteiger charge is 2.50. The molecule has 1 aromatic carbocycles. The van der Waals surface area contributed by atoms with Crippen molar-refractivity contribution >= 4 is 33.5 Å². The molecule has 0 bridgehead atoms. The molecule has 5 nitrogen and oxygen atoms in total. The Morgan fingerprint density at radius 3 is 2.61 bits per heavy atom. The Bertz CT molecular complexity index is 512. The van der Waals surface area contributed by atoms with Crippen LogP contribution < -0.4 is 11.1 Å². The highest BCUT2D eigenvalue weighted by molar-refractivity contribution is 9.10. The standard InChI is InChI=1S/C12H13BrN2O3/c13-7-1-2-9(8(5-7)10(14)16)15-6-12(3-4-12)11(17)18/h1-2,5,15H,3-4,6H2,(H2,14,16)(H,17,18). The van der Waals surface area contributed by atoms with Gasteiger partial charge in [0.2, 0.25) is 0 Å². The third kappa shape index (κ3) is 2.48. The summed E-state index contributed by atoms with van der Waals surface area (Å²) >= 11 is 3.26. The van der Waals surface area contributed by atoms with Crippen LogP contribution in [0.15, 0.2) is 22.7 Å². The van der Waals surface area contributed by atoms with Crippen molar-refractivity contribution in [2.24, 2.45) is 11.1 Å². The molecule has 0 spiro atoms. The third-order valence-electron chi connectivity index (χ3n) is 3.17. The number of carbonyl (C=O) groups excluding carboxylic acids is 1. The molecule has 0 atom stereocenters. The number of hydrogen-bond donors (Lipinski definition) is 3. The minimum Gasteiger partial charge on any atom is -0.481 e. The first-order chi connectivity index (χ1) is 8.44. The van der Waals surface area contributed by atoms with Gasteiger partial charge in [-0.2, -0.15) is 0 Å². The zero-order valence-electron chi connectivity index (χ0n) is 9.57. The molecular formula is C12H13BrN2O3. The lowest BCUT2D eigenvalue weighted by Crippen LogP contribution is -2.25. The predicted molar refractivity (Wildman–Crippen MR) is 70.5 cm³/mol. The SMILES string of the molecule is NC(=O)c1cc(Br)ccc1NCC1(C(=O)O)CC1. The Morgan fingerprint density at radius 2 is 2.11 bits per heavy atom. The molecule has 96 valence electrons. The Balaban J connectivity index is 2.15. The molecular weight excluding hydrogens is 300 g/mol. The van der Waals surface area contributed by atoms with Gasteiger partial charge >= 0.3 is 5.97 Å². The van der Waals surface area contributed by atoms with E-state index in [1.165, 1.54) is 0 Å². The normalized spacial score (nSPS) is 16.1. The summed E-state index contributed by atoms with van der Waals surface area (Å²) in [5, 5.41) is 12.1. The molecule has 0 saturated heterocycles. The first-order valence-corrected chi connectivity index (χ1v) is 6.30. The quantitative estimate of drug-likeness (QED) is 0.773. The van der Waals surface area contributed by atoms with E-state index in [9.17, 15) is 9.59 Å². The van der Waals surface area contributed by atoms with E-state index in [2.05, 4.69) is 21.2 Å². The van der Waals surface area contributed by atoms with E-state index >= 15 is 0 Å². The van der Waals surface area contributed by atoms with Crippen LogP contribution in [0.1, 0.15) is 23.2 Å². The van der Waals surface area contributed by atoms with Crippen molar-refractivity contribution in [2.75, 3.05) is 11.9 Å². The average Bonchev–Trinajstić information content (AvgIpc) is 3.08. The predicted octanol–water partition coefficient (Wildman–Crippen LogP) is 1.82. The summed E-state index contributed by atoms with van der Waals surface area (Å²) in [6.45, 7) is 0.310. The number of aliphatic carboxylic acids is 1. The minimum absolute atomic E-state index is 0.310. The fourth-order valence-electron chi connectivity index (χ4n) is 1.76. The third-order valence-corrected chi connectivity index (χ3v) is 3.66. The van der Waals surface area contributed by atoms with Gasteiger partial charge in [0.1, 0.15) is 0 Å². The zero-order valence-corrected chi connectivity index (χ0v) is 11.2. The maximum atomic E-state index is 11.3. The molecule has 1 amide bonds. The molecule has 1 saturated carbocycles. The number of halogens is 1. The topological polar surface area (TPSA) is 92.4 Å². The first-order valence-electron chi connectivity index (χ1n) is 5.51. The van der Waals surface area contributed by atoms with E-state index in [-0.39, 0.29) is 0 Å². The number of carboxylic acids is 1. The summed E-state index contributed by atoms with van der Waals surface area (Å²) in [6, 6.07) is 5.10. The largest absolute Gasteiger partial charge is 0.481 e. The molecule has 0 heterocycles. The van der Waals surface area contributed by atoms with Gasteiger partial charge in [0.15, 0.2) is 0 Å². The van der Waals surface area contributed by atoms with Crippen molar-refractivity contribution in [3.63, 3.8) is 0 Å². The van der Waals surface area contributed by atoms with Gasteiger partial charge in [0, 0.05) is 16.7 Å². The van der Waals surface area contributed by atoms with Crippen LogP contribution in [0.3, 0.4) is 0 Å². The molecule has 1 aromatic rings. The molecule has 0 radical (unpaired) electrons. The lowest BCUT2D eigenvalue weighted by Gasteiger charge is -2.14. The molecule has 1 aliphatic rings. The van der Waals surface area contributed by atoms with Gasteiger partial charge in [0.05, 0.1) is 11.0 Å². The molecule has 1 fully saturated rings. The van der Waals surface area contributed by atoms with Crippen LogP contribution in [0.25, 0.3) is 0 Å². The van der Waals surface area contributed by atoms with Crippen LogP contribution in [-0.4, -0.2) is 23.5 Å². The number of anilines is 1. The van der Waals surface area contributed by atoms with Gasteiger partial charge in [-0.3, -0.25) is 9.59 Å². The van der Waals surface area contributed by atoms with E-state index in [0.717, 1.165) is 4.47 Å². The van der Waals surface area contributed by atoms with Crippen molar-refractivity contribution in [1.29, 1.82) is 0 Å². The molecule has 1 aliphatic carbocycles.